The minimum atomic E-state index is -0.569. The van der Waals surface area contributed by atoms with Crippen molar-refractivity contribution < 1.29 is 23.9 Å². The highest BCUT2D eigenvalue weighted by Crippen LogP contribution is 2.86. The summed E-state index contributed by atoms with van der Waals surface area (Å²) in [7, 11) is 0. The van der Waals surface area contributed by atoms with E-state index in [-0.39, 0.29) is 40.5 Å². The summed E-state index contributed by atoms with van der Waals surface area (Å²) in [4.78, 5) is 39.2. The van der Waals surface area contributed by atoms with Gasteiger partial charge in [0.05, 0.1) is 12.5 Å². The number of carbonyl (C=O) groups excluding carboxylic acids is 3. The molecule has 7 aliphatic rings. The number of rotatable bonds is 0. The Balaban J connectivity index is 1.61. The molecule has 0 aromatic carbocycles. The molecule has 4 bridgehead atoms. The van der Waals surface area contributed by atoms with Crippen LogP contribution in [0.2, 0.25) is 0 Å². The van der Waals surface area contributed by atoms with Gasteiger partial charge >= 0.3 is 11.9 Å². The van der Waals surface area contributed by atoms with Gasteiger partial charge in [0, 0.05) is 28.2 Å². The topological polar surface area (TPSA) is 69.7 Å². The number of esters is 2. The van der Waals surface area contributed by atoms with Crippen LogP contribution < -0.4 is 0 Å². The highest BCUT2D eigenvalue weighted by atomic mass is 16.6. The molecule has 0 amide bonds. The van der Waals surface area contributed by atoms with Gasteiger partial charge in [0.1, 0.15) is 11.4 Å². The Hall–Kier alpha value is -1.65. The Morgan fingerprint density at radius 1 is 1.00 bits per heavy atom. The summed E-state index contributed by atoms with van der Waals surface area (Å²) in [6.45, 7) is 11.0. The summed E-state index contributed by atoms with van der Waals surface area (Å²) in [5.41, 5.74) is -2.36. The molecule has 0 aromatic heterocycles. The lowest BCUT2D eigenvalue weighted by molar-refractivity contribution is -0.222. The molecule has 2 aliphatic heterocycles. The fourth-order valence-corrected chi connectivity index (χ4v) is 10.4. The molecule has 162 valence electrons. The van der Waals surface area contributed by atoms with E-state index in [0.717, 1.165) is 25.7 Å². The largest absolute Gasteiger partial charge is 0.465 e. The molecule has 5 nitrogen and oxygen atoms in total. The molecule has 7 rings (SSSR count). The summed E-state index contributed by atoms with van der Waals surface area (Å²) in [5, 5.41) is 0. The Bertz CT molecular complexity index is 949. The average molecular weight is 413 g/mol. The molecule has 8 atom stereocenters. The molecule has 0 radical (unpaired) electrons. The SMILES string of the molecule is CC1(C)OC(=O)C=C[C@@]2(C)[C@H]1CC[C@@]13C[C@@]4(C)C[C@@H]5C(=O)OC[C@]51[C@@](C)(C[C@@H]23)C4=O. The monoisotopic (exact) mass is 412 g/mol. The molecule has 5 aliphatic carbocycles. The maximum Gasteiger partial charge on any atom is 0.330 e. The number of carbonyl (C=O) groups is 3. The zero-order valence-electron chi connectivity index (χ0n) is 18.7. The quantitative estimate of drug-likeness (QED) is 0.565. The number of Topliss-reactive ketones (excluding diaryl/α,β-unsaturated/α-hetero) is 1. The van der Waals surface area contributed by atoms with Crippen LogP contribution >= 0.6 is 0 Å². The molecule has 0 N–H and O–H groups in total. The first-order valence-electron chi connectivity index (χ1n) is 11.5. The van der Waals surface area contributed by atoms with Gasteiger partial charge < -0.3 is 9.47 Å². The van der Waals surface area contributed by atoms with E-state index in [0.29, 0.717) is 18.8 Å². The number of allylic oxidation sites excluding steroid dienone is 1. The van der Waals surface area contributed by atoms with Gasteiger partial charge in [-0.3, -0.25) is 9.59 Å². The van der Waals surface area contributed by atoms with E-state index in [1.165, 1.54) is 0 Å². The maximum atomic E-state index is 13.9. The van der Waals surface area contributed by atoms with Crippen molar-refractivity contribution in [2.75, 3.05) is 6.61 Å². The number of hydrogen-bond donors (Lipinski definition) is 0. The Morgan fingerprint density at radius 2 is 1.73 bits per heavy atom. The summed E-state index contributed by atoms with van der Waals surface area (Å²) >= 11 is 0. The van der Waals surface area contributed by atoms with Crippen LogP contribution in [0.3, 0.4) is 0 Å². The second-order valence-corrected chi connectivity index (χ2v) is 12.5. The first kappa shape index (κ1) is 19.1. The van der Waals surface area contributed by atoms with Crippen molar-refractivity contribution in [3.63, 3.8) is 0 Å². The summed E-state index contributed by atoms with van der Waals surface area (Å²) in [6.07, 6.45) is 7.86. The van der Waals surface area contributed by atoms with Crippen molar-refractivity contribution in [2.45, 2.75) is 72.3 Å². The molecular formula is C25H32O5. The van der Waals surface area contributed by atoms with E-state index in [2.05, 4.69) is 26.8 Å². The minimum absolute atomic E-state index is 0.0952. The molecule has 1 saturated heterocycles. The van der Waals surface area contributed by atoms with Crippen molar-refractivity contribution in [2.24, 2.45) is 44.8 Å². The van der Waals surface area contributed by atoms with Crippen LogP contribution in [0.1, 0.15) is 66.7 Å². The van der Waals surface area contributed by atoms with Crippen LogP contribution in [-0.2, 0) is 23.9 Å². The van der Waals surface area contributed by atoms with Crippen molar-refractivity contribution in [1.29, 1.82) is 0 Å². The van der Waals surface area contributed by atoms with Gasteiger partial charge in [-0.15, -0.1) is 0 Å². The average Bonchev–Trinajstić information content (AvgIpc) is 3.05. The van der Waals surface area contributed by atoms with Crippen molar-refractivity contribution in [1.82, 2.24) is 0 Å². The number of cyclic esters (lactones) is 2. The van der Waals surface area contributed by atoms with Crippen LogP contribution in [-0.4, -0.2) is 29.9 Å². The van der Waals surface area contributed by atoms with Crippen molar-refractivity contribution in [3.05, 3.63) is 12.2 Å². The standard InChI is InChI=1S/C25H32O5/c1-20(2)15-6-9-24-12-21(3)10-14-18(27)29-13-25(14,24)23(5,19(21)28)11-16(24)22(15,4)8-7-17(26)30-20/h7-8,14-16H,6,9-13H2,1-5H3/t14-,15+,16+,21-,22+,23+,24+,25-/m1/s1. The smallest absolute Gasteiger partial charge is 0.330 e. The molecule has 2 spiro atoms. The molecular weight excluding hydrogens is 380 g/mol. The van der Waals surface area contributed by atoms with E-state index in [4.69, 9.17) is 9.47 Å². The van der Waals surface area contributed by atoms with Crippen LogP contribution in [0.25, 0.3) is 0 Å². The molecule has 30 heavy (non-hydrogen) atoms. The van der Waals surface area contributed by atoms with E-state index in [9.17, 15) is 14.4 Å². The summed E-state index contributed by atoms with van der Waals surface area (Å²) < 4.78 is 11.6. The highest BCUT2D eigenvalue weighted by Gasteiger charge is 2.87. The van der Waals surface area contributed by atoms with Crippen LogP contribution in [0.4, 0.5) is 0 Å². The Labute approximate surface area is 177 Å². The van der Waals surface area contributed by atoms with Gasteiger partial charge in [0.25, 0.3) is 0 Å². The first-order valence-corrected chi connectivity index (χ1v) is 11.5. The Kier molecular flexibility index (Phi) is 3.10. The fourth-order valence-electron chi connectivity index (χ4n) is 10.4. The minimum Gasteiger partial charge on any atom is -0.465 e. The predicted octanol–water partition coefficient (Wildman–Crippen LogP) is 3.85. The maximum absolute atomic E-state index is 13.9. The fraction of sp³-hybridized carbons (Fsp3) is 0.800. The highest BCUT2D eigenvalue weighted by molar-refractivity contribution is 5.97. The molecule has 0 unspecified atom stereocenters. The third-order valence-electron chi connectivity index (χ3n) is 11.0. The summed E-state index contributed by atoms with van der Waals surface area (Å²) in [5.74, 6) is 0.195. The molecule has 6 fully saturated rings. The number of ketones is 1. The van der Waals surface area contributed by atoms with E-state index in [1.54, 1.807) is 6.08 Å². The number of ether oxygens (including phenoxy) is 2. The lowest BCUT2D eigenvalue weighted by atomic mass is 9.32. The van der Waals surface area contributed by atoms with Crippen LogP contribution in [0.5, 0.6) is 0 Å². The second-order valence-electron chi connectivity index (χ2n) is 12.5. The van der Waals surface area contributed by atoms with E-state index in [1.807, 2.05) is 13.8 Å². The molecule has 5 heteroatoms. The molecule has 2 heterocycles. The van der Waals surface area contributed by atoms with Gasteiger partial charge in [-0.1, -0.05) is 26.8 Å². The molecule has 5 saturated carbocycles. The third kappa shape index (κ3) is 1.65. The summed E-state index contributed by atoms with van der Waals surface area (Å²) in [6, 6.07) is 0. The van der Waals surface area contributed by atoms with Gasteiger partial charge in [-0.25, -0.2) is 4.79 Å². The van der Waals surface area contributed by atoms with Gasteiger partial charge in [0.15, 0.2) is 0 Å². The number of fused-ring (bicyclic) bond motifs is 2. The van der Waals surface area contributed by atoms with Gasteiger partial charge in [0.2, 0.25) is 0 Å². The van der Waals surface area contributed by atoms with Crippen molar-refractivity contribution in [3.8, 4) is 0 Å². The number of hydrogen-bond acceptors (Lipinski definition) is 5. The normalized spacial score (nSPS) is 57.2. The zero-order valence-corrected chi connectivity index (χ0v) is 18.7. The van der Waals surface area contributed by atoms with Gasteiger partial charge in [-0.05, 0) is 62.7 Å². The zero-order chi connectivity index (χ0) is 21.5. The second kappa shape index (κ2) is 4.88. The molecule has 0 aromatic rings. The van der Waals surface area contributed by atoms with Crippen molar-refractivity contribution >= 4 is 17.7 Å². The predicted molar refractivity (Wildman–Crippen MR) is 108 cm³/mol. The van der Waals surface area contributed by atoms with E-state index >= 15 is 0 Å². The Morgan fingerprint density at radius 3 is 2.47 bits per heavy atom. The van der Waals surface area contributed by atoms with Crippen LogP contribution in [0, 0.1) is 44.8 Å². The third-order valence-corrected chi connectivity index (χ3v) is 11.0. The first-order chi connectivity index (χ1) is 13.9. The lowest BCUT2D eigenvalue weighted by Crippen LogP contribution is -2.70. The van der Waals surface area contributed by atoms with E-state index < -0.39 is 21.8 Å². The van der Waals surface area contributed by atoms with Crippen LogP contribution in [0.15, 0.2) is 12.2 Å². The van der Waals surface area contributed by atoms with Gasteiger partial charge in [-0.2, -0.15) is 0 Å². The lowest BCUT2D eigenvalue weighted by Gasteiger charge is -2.68.